The summed E-state index contributed by atoms with van der Waals surface area (Å²) < 4.78 is 3.94. The predicted molar refractivity (Wildman–Crippen MR) is 60.4 cm³/mol. The minimum absolute atomic E-state index is 0.0307. The summed E-state index contributed by atoms with van der Waals surface area (Å²) in [6, 6.07) is 0. The maximum Gasteiger partial charge on any atom is 0.331 e. The Kier molecular flexibility index (Phi) is 6.76. The third-order valence-electron chi connectivity index (χ3n) is 1.32. The molecule has 0 heterocycles. The summed E-state index contributed by atoms with van der Waals surface area (Å²) in [5.41, 5.74) is 0.468. The maximum absolute atomic E-state index is 10.4. The molecule has 0 radical (unpaired) electrons. The molecular weight excluding hydrogens is 236 g/mol. The molecule has 1 unspecified atom stereocenters. The summed E-state index contributed by atoms with van der Waals surface area (Å²) in [5, 5.41) is 17.0. The van der Waals surface area contributed by atoms with E-state index >= 15 is 0 Å². The predicted octanol–water partition coefficient (Wildman–Crippen LogP) is 2.69. The Bertz CT molecular complexity index is 347. The van der Waals surface area contributed by atoms with E-state index in [0.717, 1.165) is 0 Å². The van der Waals surface area contributed by atoms with Crippen LogP contribution in [0.4, 0.5) is 0 Å². The summed E-state index contributed by atoms with van der Waals surface area (Å²) in [6.45, 7) is 2.96. The van der Waals surface area contributed by atoms with Crippen molar-refractivity contribution in [1.82, 2.24) is 0 Å². The first kappa shape index (κ1) is 13.9. The monoisotopic (exact) mass is 247 g/mol. The highest BCUT2D eigenvalue weighted by molar-refractivity contribution is 7.48. The van der Waals surface area contributed by atoms with E-state index in [1.54, 1.807) is 0 Å². The lowest BCUT2D eigenvalue weighted by molar-refractivity contribution is -0.133. The average molecular weight is 247 g/mol. The van der Waals surface area contributed by atoms with Gasteiger partial charge in [-0.05, 0) is 25.5 Å². The Morgan fingerprint density at radius 1 is 1.20 bits per heavy atom. The zero-order valence-electron chi connectivity index (χ0n) is 8.26. The number of carboxylic acids is 2. The highest BCUT2D eigenvalue weighted by Crippen LogP contribution is 2.23. The van der Waals surface area contributed by atoms with E-state index < -0.39 is 11.9 Å². The van der Waals surface area contributed by atoms with E-state index in [-0.39, 0.29) is 19.9 Å². The Morgan fingerprint density at radius 2 is 1.73 bits per heavy atom. The van der Waals surface area contributed by atoms with Crippen LogP contribution in [0.3, 0.4) is 0 Å². The first-order chi connectivity index (χ1) is 6.95. The van der Waals surface area contributed by atoms with Crippen molar-refractivity contribution in [3.8, 4) is 0 Å². The molecule has 0 aromatic carbocycles. The van der Waals surface area contributed by atoms with Crippen molar-refractivity contribution in [3.05, 3.63) is 22.8 Å². The number of aliphatic carboxylic acids is 2. The number of carboxylic acid groups (broad SMARTS) is 2. The Labute approximate surface area is 90.6 Å². The number of rotatable bonds is 5. The zero-order chi connectivity index (χ0) is 11.8. The highest BCUT2D eigenvalue weighted by atomic mass is 31.1. The van der Waals surface area contributed by atoms with E-state index in [9.17, 15) is 9.59 Å². The van der Waals surface area contributed by atoms with Crippen LogP contribution in [0, 0.1) is 0 Å². The second kappa shape index (κ2) is 7.27. The van der Waals surface area contributed by atoms with E-state index in [0.29, 0.717) is 8.37 Å². The van der Waals surface area contributed by atoms with Gasteiger partial charge in [0.15, 0.2) is 0 Å². The third-order valence-corrected chi connectivity index (χ3v) is 3.31. The van der Waals surface area contributed by atoms with E-state index in [1.165, 1.54) is 25.5 Å². The van der Waals surface area contributed by atoms with Crippen molar-refractivity contribution in [2.45, 2.75) is 13.8 Å². The van der Waals surface area contributed by atoms with Gasteiger partial charge < -0.3 is 10.2 Å². The molecule has 0 aliphatic rings. The molecule has 2 N–H and O–H groups in total. The molecule has 15 heavy (non-hydrogen) atoms. The van der Waals surface area contributed by atoms with Crippen LogP contribution in [0.1, 0.15) is 13.8 Å². The number of hydrogen-bond acceptors (Lipinski definition) is 3. The van der Waals surface area contributed by atoms with Gasteiger partial charge in [0, 0.05) is 28.3 Å². The molecule has 0 amide bonds. The minimum Gasteiger partial charge on any atom is -0.478 e. The fourth-order valence-corrected chi connectivity index (χ4v) is 1.72. The number of carbonyl (C=O) groups is 2. The van der Waals surface area contributed by atoms with Gasteiger partial charge in [-0.2, -0.15) is 0 Å². The molecule has 1 atom stereocenters. The van der Waals surface area contributed by atoms with Gasteiger partial charge in [0.05, 0.1) is 0 Å². The molecule has 0 spiro atoms. The van der Waals surface area contributed by atoms with Gasteiger partial charge in [-0.1, -0.05) is 0 Å². The summed E-state index contributed by atoms with van der Waals surface area (Å²) in [5.74, 6) is 1.02. The van der Waals surface area contributed by atoms with Crippen LogP contribution in [0.15, 0.2) is 27.3 Å². The summed E-state index contributed by atoms with van der Waals surface area (Å²) in [7, 11) is 0.559. The highest BCUT2D eigenvalue weighted by Gasteiger charge is 1.97. The van der Waals surface area contributed by atoms with Crippen molar-refractivity contribution in [1.29, 1.82) is 0 Å². The van der Waals surface area contributed by atoms with E-state index in [1.807, 2.05) is 0 Å². The van der Waals surface area contributed by atoms with Gasteiger partial charge in [0.1, 0.15) is 0 Å². The molecule has 0 saturated carbocycles. The Balaban J connectivity index is 4.13. The molecule has 0 aliphatic carbocycles. The van der Waals surface area contributed by atoms with Crippen LogP contribution in [0.2, 0.25) is 0 Å². The Morgan fingerprint density at radius 3 is 2.20 bits per heavy atom. The van der Waals surface area contributed by atoms with Crippen LogP contribution >= 0.6 is 17.1 Å². The number of nitrogens with zero attached hydrogens (tertiary/aromatic N) is 1. The molecule has 0 fully saturated rings. The lowest BCUT2D eigenvalue weighted by Gasteiger charge is -1.89. The van der Waals surface area contributed by atoms with E-state index in [4.69, 9.17) is 10.2 Å². The van der Waals surface area contributed by atoms with Crippen molar-refractivity contribution in [3.63, 3.8) is 0 Å². The topological polar surface area (TPSA) is 87.0 Å². The van der Waals surface area contributed by atoms with Gasteiger partial charge in [-0.15, -0.1) is 0 Å². The average Bonchev–Trinajstić information content (AvgIpc) is 2.16. The maximum atomic E-state index is 10.4. The van der Waals surface area contributed by atoms with Crippen LogP contribution in [-0.4, -0.2) is 22.2 Å². The second-order valence-electron chi connectivity index (χ2n) is 2.59. The summed E-state index contributed by atoms with van der Waals surface area (Å²) >= 11 is 0. The molecule has 0 rings (SSSR count). The van der Waals surface area contributed by atoms with E-state index in [2.05, 4.69) is 4.52 Å². The van der Waals surface area contributed by atoms with Crippen LogP contribution in [-0.2, 0) is 9.59 Å². The SMILES string of the molecule is CC(=CP=NPC=C(C)C(=O)O)C(=O)O. The van der Waals surface area contributed by atoms with Crippen molar-refractivity contribution >= 4 is 29.0 Å². The first-order valence-electron chi connectivity index (χ1n) is 3.90. The molecule has 5 nitrogen and oxygen atoms in total. The normalized spacial score (nSPS) is 14.0. The quantitative estimate of drug-likeness (QED) is 0.577. The first-order valence-corrected chi connectivity index (χ1v) is 5.84. The molecule has 0 aliphatic heterocycles. The Hall–Kier alpha value is -1.05. The minimum atomic E-state index is -0.974. The third kappa shape index (κ3) is 6.95. The molecule has 0 saturated heterocycles. The lowest BCUT2D eigenvalue weighted by atomic mass is 10.4. The largest absolute Gasteiger partial charge is 0.478 e. The van der Waals surface area contributed by atoms with Gasteiger partial charge in [0.2, 0.25) is 0 Å². The summed E-state index contributed by atoms with van der Waals surface area (Å²) in [4.78, 5) is 20.7. The van der Waals surface area contributed by atoms with Gasteiger partial charge in [0.25, 0.3) is 0 Å². The molecule has 7 heteroatoms. The molecule has 0 aromatic heterocycles. The fraction of sp³-hybridized carbons (Fsp3) is 0.250. The number of hydrogen-bond donors (Lipinski definition) is 2. The van der Waals surface area contributed by atoms with Crippen molar-refractivity contribution < 1.29 is 19.8 Å². The zero-order valence-corrected chi connectivity index (χ0v) is 10.2. The molecule has 0 aromatic rings. The van der Waals surface area contributed by atoms with Crippen LogP contribution < -0.4 is 0 Å². The standard InChI is InChI=1S/C8H11NO4P2/c1-5(7(10)11)3-14-9-15-4-6(2)8(12)13/h3-4,14H,1-2H3,(H,10,11)(H,12,13). The van der Waals surface area contributed by atoms with Gasteiger partial charge >= 0.3 is 11.9 Å². The molecule has 0 bridgehead atoms. The molecular formula is C8H11NO4P2. The van der Waals surface area contributed by atoms with Crippen molar-refractivity contribution in [2.24, 2.45) is 4.52 Å². The lowest BCUT2D eigenvalue weighted by Crippen LogP contribution is -1.93. The van der Waals surface area contributed by atoms with Gasteiger partial charge in [-0.3, -0.25) is 0 Å². The van der Waals surface area contributed by atoms with Gasteiger partial charge in [-0.25, -0.2) is 14.1 Å². The smallest absolute Gasteiger partial charge is 0.331 e. The van der Waals surface area contributed by atoms with Crippen molar-refractivity contribution in [2.75, 3.05) is 0 Å². The fourth-order valence-electron chi connectivity index (χ4n) is 0.391. The molecule has 82 valence electrons. The second-order valence-corrected chi connectivity index (χ2v) is 4.43. The summed E-state index contributed by atoms with van der Waals surface area (Å²) in [6.07, 6.45) is 0. The van der Waals surface area contributed by atoms with Crippen LogP contribution in [0.25, 0.3) is 0 Å². The van der Waals surface area contributed by atoms with Crippen LogP contribution in [0.5, 0.6) is 0 Å².